The van der Waals surface area contributed by atoms with Gasteiger partial charge >= 0.3 is 0 Å². The summed E-state index contributed by atoms with van der Waals surface area (Å²) in [6.07, 6.45) is 11.7. The Bertz CT molecular complexity index is 616. The molecule has 3 atom stereocenters. The van der Waals surface area contributed by atoms with Crippen LogP contribution in [0, 0.1) is 18.8 Å². The van der Waals surface area contributed by atoms with Crippen LogP contribution in [-0.4, -0.2) is 15.0 Å². The third-order valence-corrected chi connectivity index (χ3v) is 5.55. The summed E-state index contributed by atoms with van der Waals surface area (Å²) < 4.78 is 0. The van der Waals surface area contributed by atoms with Gasteiger partial charge in [-0.15, -0.1) is 0 Å². The molecule has 2 aromatic rings. The van der Waals surface area contributed by atoms with Gasteiger partial charge in [0.25, 0.3) is 0 Å². The summed E-state index contributed by atoms with van der Waals surface area (Å²) in [6, 6.07) is 2.06. The van der Waals surface area contributed by atoms with Gasteiger partial charge in [-0.3, -0.25) is 0 Å². The maximum atomic E-state index is 4.77. The number of imidazole rings is 1. The van der Waals surface area contributed by atoms with Crippen molar-refractivity contribution < 1.29 is 0 Å². The standard InChI is InChI=1S/C17H23N3/c1-11-8-9-18-17-15(11)19-16(20-17)14-7-6-12-4-2-3-5-13(12)10-14/h8-9,12-14H,2-7,10H2,1H3,(H,18,19,20). The minimum absolute atomic E-state index is 0.628. The van der Waals surface area contributed by atoms with Crippen LogP contribution in [0.25, 0.3) is 11.2 Å². The number of pyridine rings is 1. The Hall–Kier alpha value is -1.38. The highest BCUT2D eigenvalue weighted by atomic mass is 15.0. The van der Waals surface area contributed by atoms with E-state index >= 15 is 0 Å². The summed E-state index contributed by atoms with van der Waals surface area (Å²) in [5.74, 6) is 3.77. The molecule has 2 heterocycles. The molecule has 0 bridgehead atoms. The van der Waals surface area contributed by atoms with Crippen LogP contribution in [0.15, 0.2) is 12.3 Å². The number of nitrogens with one attached hydrogen (secondary N) is 1. The van der Waals surface area contributed by atoms with E-state index in [4.69, 9.17) is 4.98 Å². The molecule has 1 N–H and O–H groups in total. The highest BCUT2D eigenvalue weighted by molar-refractivity contribution is 5.74. The van der Waals surface area contributed by atoms with Gasteiger partial charge in [-0.1, -0.05) is 25.7 Å². The fourth-order valence-corrected chi connectivity index (χ4v) is 4.37. The average Bonchev–Trinajstić information content (AvgIpc) is 2.92. The van der Waals surface area contributed by atoms with Gasteiger partial charge in [0, 0.05) is 12.1 Å². The lowest BCUT2D eigenvalue weighted by Gasteiger charge is -2.38. The van der Waals surface area contributed by atoms with E-state index in [1.54, 1.807) is 0 Å². The van der Waals surface area contributed by atoms with Crippen molar-refractivity contribution in [2.24, 2.45) is 11.8 Å². The Morgan fingerprint density at radius 3 is 2.80 bits per heavy atom. The lowest BCUT2D eigenvalue weighted by Crippen LogP contribution is -2.27. The molecular formula is C17H23N3. The first-order chi connectivity index (χ1) is 9.81. The Labute approximate surface area is 120 Å². The SMILES string of the molecule is Cc1ccnc2nc(C3CCC4CCCCC4C3)[nH]c12. The van der Waals surface area contributed by atoms with Crippen LogP contribution in [0.1, 0.15) is 62.3 Å². The van der Waals surface area contributed by atoms with Crippen LogP contribution in [-0.2, 0) is 0 Å². The van der Waals surface area contributed by atoms with E-state index in [2.05, 4.69) is 23.0 Å². The van der Waals surface area contributed by atoms with Gasteiger partial charge in [0.2, 0.25) is 0 Å². The predicted octanol–water partition coefficient (Wildman–Crippen LogP) is 4.34. The third-order valence-electron chi connectivity index (χ3n) is 5.55. The minimum atomic E-state index is 0.628. The number of aryl methyl sites for hydroxylation is 1. The van der Waals surface area contributed by atoms with Crippen molar-refractivity contribution in [2.45, 2.75) is 57.8 Å². The molecule has 3 heteroatoms. The number of fused-ring (bicyclic) bond motifs is 2. The fourth-order valence-electron chi connectivity index (χ4n) is 4.37. The van der Waals surface area contributed by atoms with Crippen molar-refractivity contribution in [3.63, 3.8) is 0 Å². The van der Waals surface area contributed by atoms with Gasteiger partial charge in [0.15, 0.2) is 5.65 Å². The van der Waals surface area contributed by atoms with Crippen LogP contribution in [0.4, 0.5) is 0 Å². The number of hydrogen-bond donors (Lipinski definition) is 1. The van der Waals surface area contributed by atoms with Crippen molar-refractivity contribution in [1.82, 2.24) is 15.0 Å². The lowest BCUT2D eigenvalue weighted by atomic mass is 9.67. The largest absolute Gasteiger partial charge is 0.340 e. The molecule has 0 amide bonds. The first-order valence-electron chi connectivity index (χ1n) is 8.12. The zero-order valence-corrected chi connectivity index (χ0v) is 12.2. The molecular weight excluding hydrogens is 246 g/mol. The van der Waals surface area contributed by atoms with Gasteiger partial charge < -0.3 is 4.98 Å². The van der Waals surface area contributed by atoms with E-state index in [1.807, 2.05) is 6.20 Å². The number of hydrogen-bond acceptors (Lipinski definition) is 2. The second-order valence-electron chi connectivity index (χ2n) is 6.76. The normalized spacial score (nSPS) is 30.4. The molecule has 0 aliphatic heterocycles. The second-order valence-corrected chi connectivity index (χ2v) is 6.76. The summed E-state index contributed by atoms with van der Waals surface area (Å²) in [5, 5.41) is 0. The first kappa shape index (κ1) is 12.4. The molecule has 2 fully saturated rings. The highest BCUT2D eigenvalue weighted by Gasteiger charge is 2.33. The number of aromatic nitrogens is 3. The summed E-state index contributed by atoms with van der Waals surface area (Å²) in [4.78, 5) is 12.7. The van der Waals surface area contributed by atoms with Gasteiger partial charge in [0.05, 0.1) is 5.52 Å². The van der Waals surface area contributed by atoms with Crippen LogP contribution in [0.2, 0.25) is 0 Å². The lowest BCUT2D eigenvalue weighted by molar-refractivity contribution is 0.153. The second kappa shape index (κ2) is 4.87. The Morgan fingerprint density at radius 1 is 1.10 bits per heavy atom. The summed E-state index contributed by atoms with van der Waals surface area (Å²) >= 11 is 0. The van der Waals surface area contributed by atoms with Crippen molar-refractivity contribution in [3.8, 4) is 0 Å². The monoisotopic (exact) mass is 269 g/mol. The van der Waals surface area contributed by atoms with E-state index in [9.17, 15) is 0 Å². The van der Waals surface area contributed by atoms with E-state index in [1.165, 1.54) is 56.3 Å². The van der Waals surface area contributed by atoms with Crippen molar-refractivity contribution in [1.29, 1.82) is 0 Å². The number of rotatable bonds is 1. The molecule has 0 radical (unpaired) electrons. The molecule has 0 saturated heterocycles. The minimum Gasteiger partial charge on any atom is -0.340 e. The highest BCUT2D eigenvalue weighted by Crippen LogP contribution is 2.45. The molecule has 3 unspecified atom stereocenters. The van der Waals surface area contributed by atoms with Crippen LogP contribution in [0.3, 0.4) is 0 Å². The molecule has 2 aliphatic carbocycles. The quantitative estimate of drug-likeness (QED) is 0.836. The smallest absolute Gasteiger partial charge is 0.177 e. The maximum absolute atomic E-state index is 4.77. The topological polar surface area (TPSA) is 41.6 Å². The first-order valence-corrected chi connectivity index (χ1v) is 8.12. The van der Waals surface area contributed by atoms with Gasteiger partial charge in [-0.2, -0.15) is 0 Å². The molecule has 106 valence electrons. The molecule has 0 spiro atoms. The van der Waals surface area contributed by atoms with Crippen LogP contribution < -0.4 is 0 Å². The number of aromatic amines is 1. The molecule has 0 aromatic carbocycles. The zero-order chi connectivity index (χ0) is 13.5. The van der Waals surface area contributed by atoms with Crippen molar-refractivity contribution >= 4 is 11.2 Å². The molecule has 2 aromatic heterocycles. The number of H-pyrrole nitrogens is 1. The van der Waals surface area contributed by atoms with Gasteiger partial charge in [-0.05, 0) is 49.7 Å². The van der Waals surface area contributed by atoms with Crippen molar-refractivity contribution in [3.05, 3.63) is 23.7 Å². The molecule has 20 heavy (non-hydrogen) atoms. The molecule has 3 nitrogen and oxygen atoms in total. The number of nitrogens with zero attached hydrogens (tertiary/aromatic N) is 2. The third kappa shape index (κ3) is 2.04. The molecule has 2 saturated carbocycles. The summed E-state index contributed by atoms with van der Waals surface area (Å²) in [7, 11) is 0. The van der Waals surface area contributed by atoms with Crippen LogP contribution in [0.5, 0.6) is 0 Å². The Balaban J connectivity index is 1.61. The van der Waals surface area contributed by atoms with E-state index in [-0.39, 0.29) is 0 Å². The van der Waals surface area contributed by atoms with E-state index in [0.717, 1.165) is 23.0 Å². The maximum Gasteiger partial charge on any atom is 0.177 e. The molecule has 4 rings (SSSR count). The predicted molar refractivity (Wildman–Crippen MR) is 80.7 cm³/mol. The summed E-state index contributed by atoms with van der Waals surface area (Å²) in [6.45, 7) is 2.13. The summed E-state index contributed by atoms with van der Waals surface area (Å²) in [5.41, 5.74) is 3.28. The average molecular weight is 269 g/mol. The zero-order valence-electron chi connectivity index (χ0n) is 12.2. The molecule has 2 aliphatic rings. The van der Waals surface area contributed by atoms with Gasteiger partial charge in [-0.25, -0.2) is 9.97 Å². The van der Waals surface area contributed by atoms with Gasteiger partial charge in [0.1, 0.15) is 5.82 Å². The fraction of sp³-hybridized carbons (Fsp3) is 0.647. The Kier molecular flexibility index (Phi) is 3.01. The Morgan fingerprint density at radius 2 is 1.95 bits per heavy atom. The van der Waals surface area contributed by atoms with Crippen LogP contribution >= 0.6 is 0 Å². The van der Waals surface area contributed by atoms with E-state index < -0.39 is 0 Å². The van der Waals surface area contributed by atoms with Crippen molar-refractivity contribution in [2.75, 3.05) is 0 Å². The van der Waals surface area contributed by atoms with E-state index in [0.29, 0.717) is 5.92 Å².